The number of ether oxygens (including phenoxy) is 2. The summed E-state index contributed by atoms with van der Waals surface area (Å²) >= 11 is 0. The summed E-state index contributed by atoms with van der Waals surface area (Å²) in [7, 11) is 0. The minimum atomic E-state index is -1.05. The number of nitrogens with zero attached hydrogens (tertiary/aromatic N) is 5. The zero-order valence-electron chi connectivity index (χ0n) is 36.7. The van der Waals surface area contributed by atoms with E-state index in [1.165, 1.54) is 18.3 Å². The maximum Gasteiger partial charge on any atom is 0.410 e. The summed E-state index contributed by atoms with van der Waals surface area (Å²) < 4.78 is 50.0. The van der Waals surface area contributed by atoms with E-state index in [1.54, 1.807) is 44.9 Å². The van der Waals surface area contributed by atoms with Gasteiger partial charge in [-0.15, -0.1) is 0 Å². The van der Waals surface area contributed by atoms with Crippen LogP contribution in [0.4, 0.5) is 28.6 Å². The molecule has 0 saturated carbocycles. The van der Waals surface area contributed by atoms with Crippen molar-refractivity contribution in [3.63, 3.8) is 0 Å². The number of amides is 2. The van der Waals surface area contributed by atoms with Gasteiger partial charge in [0.15, 0.2) is 17.5 Å². The van der Waals surface area contributed by atoms with Gasteiger partial charge in [0, 0.05) is 76.8 Å². The summed E-state index contributed by atoms with van der Waals surface area (Å²) in [4.78, 5) is 38.7. The number of benzene rings is 2. The molecule has 0 bridgehead atoms. The van der Waals surface area contributed by atoms with Crippen LogP contribution in [-0.2, 0) is 20.7 Å². The van der Waals surface area contributed by atoms with Crippen molar-refractivity contribution < 1.29 is 42.4 Å². The molecule has 15 heteroatoms. The molecule has 4 atom stereocenters. The van der Waals surface area contributed by atoms with E-state index in [4.69, 9.17) is 9.47 Å². The molecule has 0 unspecified atom stereocenters. The number of pyridine rings is 2. The molecule has 340 valence electrons. The highest BCUT2D eigenvalue weighted by Crippen LogP contribution is 2.43. The SMILES string of the molecule is CC(C)(O)C[C@]1(c2ccccc2)CCN([C@H]2CCCN(c3ncccc3F)C2)C(=O)O1.CC(C)(O)C[C@]1(c2ccccc2)CCN([C@H]2CCCNC2)C(=O)O1.Fc1cccnc1F. The normalized spacial score (nSPS) is 24.2. The molecule has 63 heavy (non-hydrogen) atoms. The van der Waals surface area contributed by atoms with E-state index >= 15 is 0 Å². The molecule has 2 amide bonds. The van der Waals surface area contributed by atoms with Crippen LogP contribution >= 0.6 is 0 Å². The molecule has 0 spiro atoms. The fourth-order valence-corrected chi connectivity index (χ4v) is 9.22. The number of anilines is 1. The quantitative estimate of drug-likeness (QED) is 0.142. The Hall–Kier alpha value is -5.25. The molecule has 2 aromatic carbocycles. The van der Waals surface area contributed by atoms with Crippen molar-refractivity contribution >= 4 is 18.0 Å². The summed E-state index contributed by atoms with van der Waals surface area (Å²) in [6.45, 7) is 11.3. The fraction of sp³-hybridized carbons (Fsp3) is 0.500. The second-order valence-corrected chi connectivity index (χ2v) is 18.1. The molecule has 12 nitrogen and oxygen atoms in total. The Kier molecular flexibility index (Phi) is 15.4. The third-order valence-corrected chi connectivity index (χ3v) is 11.9. The van der Waals surface area contributed by atoms with Gasteiger partial charge < -0.3 is 39.7 Å². The number of carbonyl (C=O) groups excluding carboxylic acids is 2. The van der Waals surface area contributed by atoms with Gasteiger partial charge in [0.2, 0.25) is 5.95 Å². The predicted molar refractivity (Wildman–Crippen MR) is 233 cm³/mol. The number of rotatable bonds is 9. The molecular weight excluding hydrogens is 814 g/mol. The van der Waals surface area contributed by atoms with Gasteiger partial charge in [-0.25, -0.2) is 28.3 Å². The third-order valence-electron chi connectivity index (χ3n) is 11.9. The van der Waals surface area contributed by atoms with Crippen molar-refractivity contribution in [2.75, 3.05) is 44.2 Å². The highest BCUT2D eigenvalue weighted by Gasteiger charge is 2.48. The van der Waals surface area contributed by atoms with Crippen LogP contribution in [0.1, 0.15) is 90.2 Å². The van der Waals surface area contributed by atoms with Crippen LogP contribution in [0.3, 0.4) is 0 Å². The Balaban J connectivity index is 0.000000182. The van der Waals surface area contributed by atoms with Gasteiger partial charge in [0.05, 0.1) is 17.2 Å². The summed E-state index contributed by atoms with van der Waals surface area (Å²) in [5.74, 6) is -1.98. The number of hydrogen-bond acceptors (Lipinski definition) is 10. The van der Waals surface area contributed by atoms with Crippen LogP contribution in [-0.4, -0.2) is 105 Å². The van der Waals surface area contributed by atoms with E-state index in [-0.39, 0.29) is 30.1 Å². The smallest absolute Gasteiger partial charge is 0.410 e. The third kappa shape index (κ3) is 12.5. The average molecular weight is 875 g/mol. The molecule has 4 aromatic rings. The first-order valence-electron chi connectivity index (χ1n) is 21.8. The lowest BCUT2D eigenvalue weighted by atomic mass is 9.80. The minimum absolute atomic E-state index is 0.0708. The number of piperidine rings is 2. The minimum Gasteiger partial charge on any atom is -0.438 e. The number of hydrogen-bond donors (Lipinski definition) is 3. The lowest BCUT2D eigenvalue weighted by Crippen LogP contribution is -2.57. The molecule has 6 heterocycles. The number of nitrogens with one attached hydrogen (secondary N) is 1. The molecule has 0 radical (unpaired) electrons. The van der Waals surface area contributed by atoms with Crippen molar-refractivity contribution in [2.24, 2.45) is 0 Å². The summed E-state index contributed by atoms with van der Waals surface area (Å²) in [5.41, 5.74) is -1.67. The van der Waals surface area contributed by atoms with Crippen molar-refractivity contribution in [3.8, 4) is 0 Å². The zero-order valence-corrected chi connectivity index (χ0v) is 36.7. The standard InChI is InChI=1S/C24H30FN3O3.C19H28N2O3.C5H3F2N/c1-23(2,30)17-24(18-8-4-3-5-9-18)12-15-28(22(29)31-24)19-10-7-14-27(16-19)21-20(25)11-6-13-26-21;1-18(2,23)14-19(15-7-4-3-5-8-15)10-12-21(17(22)24-19)16-9-6-11-20-13-16;6-4-2-1-3-8-5(4)7/h3-6,8-9,11,13,19,30H,7,10,12,14-17H2,1-2H3;3-5,7-8,16,20,23H,6,9-14H2,1-2H3;1-3H/t19-,24-;16-,19-;/m00./s1. The molecule has 4 aliphatic heterocycles. The van der Waals surface area contributed by atoms with Crippen molar-refractivity contribution in [1.82, 2.24) is 25.1 Å². The Morgan fingerprint density at radius 3 is 1.63 bits per heavy atom. The van der Waals surface area contributed by atoms with Gasteiger partial charge in [-0.05, 0) is 95.3 Å². The first-order chi connectivity index (χ1) is 30.0. The van der Waals surface area contributed by atoms with Gasteiger partial charge in [-0.1, -0.05) is 60.7 Å². The van der Waals surface area contributed by atoms with E-state index in [2.05, 4.69) is 15.3 Å². The van der Waals surface area contributed by atoms with Gasteiger partial charge in [-0.3, -0.25) is 0 Å². The largest absolute Gasteiger partial charge is 0.438 e. The second-order valence-electron chi connectivity index (χ2n) is 18.1. The van der Waals surface area contributed by atoms with Crippen LogP contribution in [0.5, 0.6) is 0 Å². The fourth-order valence-electron chi connectivity index (χ4n) is 9.22. The van der Waals surface area contributed by atoms with Crippen LogP contribution in [0.2, 0.25) is 0 Å². The summed E-state index contributed by atoms with van der Waals surface area (Å²) in [6, 6.07) is 24.9. The topological polar surface area (TPSA) is 141 Å². The lowest BCUT2D eigenvalue weighted by Gasteiger charge is -2.47. The average Bonchev–Trinajstić information content (AvgIpc) is 3.25. The Labute approximate surface area is 368 Å². The van der Waals surface area contributed by atoms with E-state index in [0.717, 1.165) is 56.0 Å². The van der Waals surface area contributed by atoms with Gasteiger partial charge >= 0.3 is 12.2 Å². The summed E-state index contributed by atoms with van der Waals surface area (Å²) in [5, 5.41) is 24.3. The van der Waals surface area contributed by atoms with Crippen molar-refractivity contribution in [3.05, 3.63) is 126 Å². The van der Waals surface area contributed by atoms with Gasteiger partial charge in [-0.2, -0.15) is 4.39 Å². The zero-order chi connectivity index (χ0) is 45.3. The predicted octanol–water partition coefficient (Wildman–Crippen LogP) is 8.09. The first-order valence-corrected chi connectivity index (χ1v) is 21.8. The second kappa shape index (κ2) is 20.5. The number of carbonyl (C=O) groups is 2. The highest BCUT2D eigenvalue weighted by atomic mass is 19.2. The van der Waals surface area contributed by atoms with Crippen molar-refractivity contribution in [1.29, 1.82) is 0 Å². The molecule has 3 N–H and O–H groups in total. The van der Waals surface area contributed by atoms with Crippen LogP contribution in [0.15, 0.2) is 97.3 Å². The summed E-state index contributed by atoms with van der Waals surface area (Å²) in [6.07, 6.45) is 7.92. The van der Waals surface area contributed by atoms with E-state index in [0.29, 0.717) is 57.7 Å². The molecule has 4 saturated heterocycles. The number of aromatic nitrogens is 2. The Morgan fingerprint density at radius 1 is 0.683 bits per heavy atom. The molecular formula is C48H61F3N6O6. The highest BCUT2D eigenvalue weighted by molar-refractivity contribution is 5.71. The maximum atomic E-state index is 14.2. The van der Waals surface area contributed by atoms with Crippen LogP contribution in [0.25, 0.3) is 0 Å². The van der Waals surface area contributed by atoms with Crippen LogP contribution < -0.4 is 10.2 Å². The Morgan fingerprint density at radius 2 is 1.19 bits per heavy atom. The van der Waals surface area contributed by atoms with Crippen LogP contribution in [0, 0.1) is 17.6 Å². The maximum absolute atomic E-state index is 14.2. The molecule has 4 fully saturated rings. The van der Waals surface area contributed by atoms with Crippen molar-refractivity contribution in [2.45, 2.75) is 114 Å². The molecule has 2 aromatic heterocycles. The number of halogens is 3. The Bertz CT molecular complexity index is 2080. The van der Waals surface area contributed by atoms with Gasteiger partial charge in [0.25, 0.3) is 0 Å². The van der Waals surface area contributed by atoms with E-state index in [9.17, 15) is 33.0 Å². The number of cyclic esters (lactones) is 2. The van der Waals surface area contributed by atoms with E-state index < -0.39 is 34.2 Å². The molecule has 8 rings (SSSR count). The monoisotopic (exact) mass is 874 g/mol. The molecule has 4 aliphatic rings. The lowest BCUT2D eigenvalue weighted by molar-refractivity contribution is -0.103. The number of aliphatic hydroxyl groups is 2. The van der Waals surface area contributed by atoms with Gasteiger partial charge in [0.1, 0.15) is 11.2 Å². The van der Waals surface area contributed by atoms with E-state index in [1.807, 2.05) is 70.5 Å². The first kappa shape index (κ1) is 47.2. The molecule has 0 aliphatic carbocycles.